The minimum absolute atomic E-state index is 0.446. The summed E-state index contributed by atoms with van der Waals surface area (Å²) in [5.74, 6) is 0. The molecule has 0 spiro atoms. The molecule has 0 fully saturated rings. The molecule has 1 nitrogen and oxygen atoms in total. The summed E-state index contributed by atoms with van der Waals surface area (Å²) in [6.07, 6.45) is 5.60. The minimum Gasteiger partial charge on any atom is -0.311 e. The zero-order valence-electron chi connectivity index (χ0n) is 10.9. The van der Waals surface area contributed by atoms with Crippen LogP contribution in [0.5, 0.6) is 0 Å². The second-order valence-electron chi connectivity index (χ2n) is 4.45. The molecule has 0 saturated heterocycles. The third-order valence-corrected chi connectivity index (χ3v) is 2.82. The van der Waals surface area contributed by atoms with Crippen LogP contribution in [0.2, 0.25) is 0 Å². The van der Waals surface area contributed by atoms with Crippen molar-refractivity contribution in [2.24, 2.45) is 0 Å². The number of nitrogens with one attached hydrogen (secondary N) is 1. The molecule has 1 aromatic carbocycles. The Balaban J connectivity index is 2.58. The predicted octanol–water partition coefficient (Wildman–Crippen LogP) is 3.70. The molecule has 0 bridgehead atoms. The first-order valence-corrected chi connectivity index (χ1v) is 6.12. The van der Waals surface area contributed by atoms with Gasteiger partial charge in [0.25, 0.3) is 0 Å². The standard InChI is InChI=1S/C15H23N/c1-5-10-16-14(4)7-9-15-8-6-12(2)13(3)11-15/h6-9,11,14,16H,5,10H2,1-4H3/b9-7+. The van der Waals surface area contributed by atoms with E-state index in [2.05, 4.69) is 63.4 Å². The zero-order chi connectivity index (χ0) is 12.0. The Morgan fingerprint density at radius 1 is 1.25 bits per heavy atom. The fraction of sp³-hybridized carbons (Fsp3) is 0.467. The van der Waals surface area contributed by atoms with Crippen LogP contribution in [-0.2, 0) is 0 Å². The van der Waals surface area contributed by atoms with Gasteiger partial charge in [0.1, 0.15) is 0 Å². The average molecular weight is 217 g/mol. The molecular weight excluding hydrogens is 194 g/mol. The Bertz CT molecular complexity index is 352. The van der Waals surface area contributed by atoms with E-state index < -0.39 is 0 Å². The van der Waals surface area contributed by atoms with Crippen LogP contribution in [0.25, 0.3) is 6.08 Å². The van der Waals surface area contributed by atoms with E-state index in [0.717, 1.165) is 6.54 Å². The van der Waals surface area contributed by atoms with Crippen molar-refractivity contribution in [3.63, 3.8) is 0 Å². The smallest absolute Gasteiger partial charge is 0.0224 e. The van der Waals surface area contributed by atoms with Gasteiger partial charge in [-0.2, -0.15) is 0 Å². The predicted molar refractivity (Wildman–Crippen MR) is 72.7 cm³/mol. The largest absolute Gasteiger partial charge is 0.311 e. The molecule has 0 radical (unpaired) electrons. The van der Waals surface area contributed by atoms with Gasteiger partial charge in [-0.05, 0) is 50.4 Å². The molecule has 1 heteroatoms. The molecule has 0 heterocycles. The fourth-order valence-corrected chi connectivity index (χ4v) is 1.56. The van der Waals surface area contributed by atoms with Crippen LogP contribution in [0.4, 0.5) is 0 Å². The zero-order valence-corrected chi connectivity index (χ0v) is 10.9. The third kappa shape index (κ3) is 4.19. The normalized spacial score (nSPS) is 13.2. The van der Waals surface area contributed by atoms with E-state index in [1.807, 2.05) is 0 Å². The van der Waals surface area contributed by atoms with E-state index in [0.29, 0.717) is 6.04 Å². The molecular formula is C15H23N. The Labute approximate surface area is 99.6 Å². The molecule has 0 saturated carbocycles. The SMILES string of the molecule is CCCNC(C)/C=C/c1ccc(C)c(C)c1. The molecule has 88 valence electrons. The molecule has 1 unspecified atom stereocenters. The van der Waals surface area contributed by atoms with Crippen molar-refractivity contribution in [2.45, 2.75) is 40.2 Å². The molecule has 0 amide bonds. The van der Waals surface area contributed by atoms with Gasteiger partial charge in [-0.1, -0.05) is 37.3 Å². The van der Waals surface area contributed by atoms with E-state index >= 15 is 0 Å². The lowest BCUT2D eigenvalue weighted by Crippen LogP contribution is -2.24. The van der Waals surface area contributed by atoms with Crippen molar-refractivity contribution in [1.29, 1.82) is 0 Å². The summed E-state index contributed by atoms with van der Waals surface area (Å²) >= 11 is 0. The Morgan fingerprint density at radius 3 is 2.62 bits per heavy atom. The van der Waals surface area contributed by atoms with Crippen molar-refractivity contribution in [3.05, 3.63) is 41.0 Å². The van der Waals surface area contributed by atoms with Crippen LogP contribution in [0.1, 0.15) is 37.0 Å². The van der Waals surface area contributed by atoms with Crippen LogP contribution in [-0.4, -0.2) is 12.6 Å². The van der Waals surface area contributed by atoms with Gasteiger partial charge in [0.15, 0.2) is 0 Å². The maximum absolute atomic E-state index is 3.44. The van der Waals surface area contributed by atoms with E-state index in [1.54, 1.807) is 0 Å². The Hall–Kier alpha value is -1.08. The van der Waals surface area contributed by atoms with Gasteiger partial charge in [0.05, 0.1) is 0 Å². The Morgan fingerprint density at radius 2 is 2.00 bits per heavy atom. The summed E-state index contributed by atoms with van der Waals surface area (Å²) in [5, 5.41) is 3.44. The van der Waals surface area contributed by atoms with Crippen molar-refractivity contribution in [1.82, 2.24) is 5.32 Å². The summed E-state index contributed by atoms with van der Waals surface area (Å²) in [6.45, 7) is 9.76. The summed E-state index contributed by atoms with van der Waals surface area (Å²) in [7, 11) is 0. The highest BCUT2D eigenvalue weighted by molar-refractivity contribution is 5.52. The van der Waals surface area contributed by atoms with Gasteiger partial charge in [0.2, 0.25) is 0 Å². The molecule has 1 N–H and O–H groups in total. The van der Waals surface area contributed by atoms with Crippen LogP contribution in [0.15, 0.2) is 24.3 Å². The molecule has 0 aliphatic carbocycles. The van der Waals surface area contributed by atoms with E-state index in [9.17, 15) is 0 Å². The number of aryl methyl sites for hydroxylation is 2. The maximum atomic E-state index is 3.44. The molecule has 0 aliphatic rings. The molecule has 16 heavy (non-hydrogen) atoms. The van der Waals surface area contributed by atoms with E-state index in [-0.39, 0.29) is 0 Å². The first-order chi connectivity index (χ1) is 7.63. The number of rotatable bonds is 5. The number of hydrogen-bond donors (Lipinski definition) is 1. The van der Waals surface area contributed by atoms with Gasteiger partial charge in [0, 0.05) is 6.04 Å². The topological polar surface area (TPSA) is 12.0 Å². The lowest BCUT2D eigenvalue weighted by Gasteiger charge is -2.07. The lowest BCUT2D eigenvalue weighted by molar-refractivity contribution is 0.625. The van der Waals surface area contributed by atoms with Gasteiger partial charge < -0.3 is 5.32 Å². The average Bonchev–Trinajstić information content (AvgIpc) is 2.28. The monoisotopic (exact) mass is 217 g/mol. The quantitative estimate of drug-likeness (QED) is 0.793. The van der Waals surface area contributed by atoms with Crippen LogP contribution < -0.4 is 5.32 Å². The van der Waals surface area contributed by atoms with Crippen molar-refractivity contribution < 1.29 is 0 Å². The minimum atomic E-state index is 0.446. The highest BCUT2D eigenvalue weighted by Crippen LogP contribution is 2.11. The maximum Gasteiger partial charge on any atom is 0.0224 e. The summed E-state index contributed by atoms with van der Waals surface area (Å²) in [5.41, 5.74) is 4.00. The van der Waals surface area contributed by atoms with Crippen molar-refractivity contribution in [3.8, 4) is 0 Å². The lowest BCUT2D eigenvalue weighted by atomic mass is 10.1. The first-order valence-electron chi connectivity index (χ1n) is 6.12. The molecule has 1 atom stereocenters. The van der Waals surface area contributed by atoms with Gasteiger partial charge in [-0.15, -0.1) is 0 Å². The molecule has 1 aromatic rings. The third-order valence-electron chi connectivity index (χ3n) is 2.82. The summed E-state index contributed by atoms with van der Waals surface area (Å²) in [6, 6.07) is 7.03. The van der Waals surface area contributed by atoms with Crippen molar-refractivity contribution in [2.75, 3.05) is 6.54 Å². The van der Waals surface area contributed by atoms with Crippen LogP contribution in [0.3, 0.4) is 0 Å². The fourth-order valence-electron chi connectivity index (χ4n) is 1.56. The van der Waals surface area contributed by atoms with Gasteiger partial charge in [-0.3, -0.25) is 0 Å². The van der Waals surface area contributed by atoms with Crippen LogP contribution >= 0.6 is 0 Å². The summed E-state index contributed by atoms with van der Waals surface area (Å²) < 4.78 is 0. The second kappa shape index (κ2) is 6.49. The van der Waals surface area contributed by atoms with Crippen LogP contribution in [0, 0.1) is 13.8 Å². The highest BCUT2D eigenvalue weighted by atomic mass is 14.9. The Kier molecular flexibility index (Phi) is 5.27. The van der Waals surface area contributed by atoms with Gasteiger partial charge in [-0.25, -0.2) is 0 Å². The number of benzene rings is 1. The molecule has 0 aliphatic heterocycles. The van der Waals surface area contributed by atoms with Gasteiger partial charge >= 0.3 is 0 Å². The van der Waals surface area contributed by atoms with E-state index in [4.69, 9.17) is 0 Å². The molecule has 0 aromatic heterocycles. The van der Waals surface area contributed by atoms with E-state index in [1.165, 1.54) is 23.1 Å². The number of hydrogen-bond acceptors (Lipinski definition) is 1. The second-order valence-corrected chi connectivity index (χ2v) is 4.45. The first kappa shape index (κ1) is 13.0. The molecule has 1 rings (SSSR count). The highest BCUT2D eigenvalue weighted by Gasteiger charge is 1.95. The summed E-state index contributed by atoms with van der Waals surface area (Å²) in [4.78, 5) is 0. The van der Waals surface area contributed by atoms with Crippen molar-refractivity contribution >= 4 is 6.08 Å².